The second-order valence-electron chi connectivity index (χ2n) is 6.53. The smallest absolute Gasteiger partial charge is 0.131 e. The highest BCUT2D eigenvalue weighted by molar-refractivity contribution is 5.66. The number of nitrogens with one attached hydrogen (secondary N) is 2. The largest absolute Gasteiger partial charge is 0.370 e. The van der Waals surface area contributed by atoms with Crippen LogP contribution in [0.25, 0.3) is 11.1 Å². The zero-order valence-corrected chi connectivity index (χ0v) is 14.3. The van der Waals surface area contributed by atoms with Crippen molar-refractivity contribution in [2.75, 3.05) is 17.2 Å². The van der Waals surface area contributed by atoms with E-state index >= 15 is 0 Å². The van der Waals surface area contributed by atoms with Gasteiger partial charge in [0.25, 0.3) is 0 Å². The van der Waals surface area contributed by atoms with Gasteiger partial charge >= 0.3 is 0 Å². The summed E-state index contributed by atoms with van der Waals surface area (Å²) >= 11 is 0. The van der Waals surface area contributed by atoms with Crippen LogP contribution in [0.1, 0.15) is 18.4 Å². The summed E-state index contributed by atoms with van der Waals surface area (Å²) in [6, 6.07) is 10.3. The fourth-order valence-corrected chi connectivity index (χ4v) is 2.82. The molecule has 0 bridgehead atoms. The first-order chi connectivity index (χ1) is 12.3. The van der Waals surface area contributed by atoms with Crippen molar-refractivity contribution in [1.82, 2.24) is 19.7 Å². The number of aromatic nitrogens is 4. The quantitative estimate of drug-likeness (QED) is 0.694. The molecule has 0 spiro atoms. The Morgan fingerprint density at radius 1 is 1.12 bits per heavy atom. The highest BCUT2D eigenvalue weighted by Gasteiger charge is 2.20. The number of anilines is 2. The summed E-state index contributed by atoms with van der Waals surface area (Å²) in [5.74, 6) is 2.52. The molecule has 0 atom stereocenters. The van der Waals surface area contributed by atoms with Crippen LogP contribution in [-0.4, -0.2) is 26.3 Å². The lowest BCUT2D eigenvalue weighted by atomic mass is 10.0. The van der Waals surface area contributed by atoms with E-state index in [1.54, 1.807) is 6.33 Å². The summed E-state index contributed by atoms with van der Waals surface area (Å²) in [5.41, 5.74) is 3.51. The van der Waals surface area contributed by atoms with Gasteiger partial charge in [-0.25, -0.2) is 9.97 Å². The van der Waals surface area contributed by atoms with Crippen LogP contribution in [0.2, 0.25) is 0 Å². The number of benzene rings is 1. The van der Waals surface area contributed by atoms with Crippen molar-refractivity contribution in [2.45, 2.75) is 19.4 Å². The Morgan fingerprint density at radius 3 is 2.68 bits per heavy atom. The average molecular weight is 334 g/mol. The van der Waals surface area contributed by atoms with Crippen molar-refractivity contribution in [2.24, 2.45) is 13.0 Å². The summed E-state index contributed by atoms with van der Waals surface area (Å²) in [6.45, 7) is 1.70. The SMILES string of the molecule is Cn1cc(-c2ccccc2CNc2cc(NCC3CC3)ncn2)cn1. The zero-order valence-electron chi connectivity index (χ0n) is 14.3. The maximum atomic E-state index is 4.33. The molecular weight excluding hydrogens is 312 g/mol. The Labute approximate surface area is 147 Å². The number of aryl methyl sites for hydroxylation is 1. The number of rotatable bonds is 7. The first-order valence-electron chi connectivity index (χ1n) is 8.64. The van der Waals surface area contributed by atoms with Gasteiger partial charge in [0.1, 0.15) is 18.0 Å². The molecule has 1 fully saturated rings. The minimum absolute atomic E-state index is 0.699. The molecule has 6 heteroatoms. The van der Waals surface area contributed by atoms with E-state index in [2.05, 4.69) is 50.0 Å². The van der Waals surface area contributed by atoms with Gasteiger partial charge in [0.05, 0.1) is 6.20 Å². The molecule has 25 heavy (non-hydrogen) atoms. The highest BCUT2D eigenvalue weighted by Crippen LogP contribution is 2.29. The van der Waals surface area contributed by atoms with Gasteiger partial charge in [0.2, 0.25) is 0 Å². The topological polar surface area (TPSA) is 67.7 Å². The summed E-state index contributed by atoms with van der Waals surface area (Å²) in [6.07, 6.45) is 8.18. The lowest BCUT2D eigenvalue weighted by molar-refractivity contribution is 0.768. The Balaban J connectivity index is 1.45. The van der Waals surface area contributed by atoms with Crippen LogP contribution in [0.3, 0.4) is 0 Å². The minimum Gasteiger partial charge on any atom is -0.370 e. The molecule has 128 valence electrons. The van der Waals surface area contributed by atoms with E-state index in [0.717, 1.165) is 29.7 Å². The van der Waals surface area contributed by atoms with E-state index in [1.807, 2.05) is 30.2 Å². The van der Waals surface area contributed by atoms with Crippen LogP contribution in [0.5, 0.6) is 0 Å². The molecule has 2 heterocycles. The second kappa shape index (κ2) is 6.93. The molecule has 0 radical (unpaired) electrons. The molecule has 0 saturated heterocycles. The Kier molecular flexibility index (Phi) is 4.33. The van der Waals surface area contributed by atoms with Crippen LogP contribution >= 0.6 is 0 Å². The van der Waals surface area contributed by atoms with Crippen molar-refractivity contribution in [3.8, 4) is 11.1 Å². The van der Waals surface area contributed by atoms with Gasteiger partial charge in [-0.1, -0.05) is 24.3 Å². The Morgan fingerprint density at radius 2 is 1.92 bits per heavy atom. The third kappa shape index (κ3) is 3.96. The zero-order chi connectivity index (χ0) is 17.1. The van der Waals surface area contributed by atoms with Crippen LogP contribution in [0.4, 0.5) is 11.6 Å². The molecule has 1 aliphatic rings. The lowest BCUT2D eigenvalue weighted by Crippen LogP contribution is -2.07. The highest BCUT2D eigenvalue weighted by atomic mass is 15.2. The van der Waals surface area contributed by atoms with Gasteiger partial charge in [-0.15, -0.1) is 0 Å². The first-order valence-corrected chi connectivity index (χ1v) is 8.64. The predicted octanol–water partition coefficient (Wildman–Crippen LogP) is 3.31. The van der Waals surface area contributed by atoms with Crippen LogP contribution in [0.15, 0.2) is 49.1 Å². The Hall–Kier alpha value is -2.89. The van der Waals surface area contributed by atoms with Gasteiger partial charge in [-0.3, -0.25) is 4.68 Å². The molecule has 0 aliphatic heterocycles. The van der Waals surface area contributed by atoms with Crippen molar-refractivity contribution < 1.29 is 0 Å². The molecule has 0 unspecified atom stereocenters. The van der Waals surface area contributed by atoms with E-state index < -0.39 is 0 Å². The van der Waals surface area contributed by atoms with E-state index in [1.165, 1.54) is 24.0 Å². The maximum Gasteiger partial charge on any atom is 0.131 e. The summed E-state index contributed by atoms with van der Waals surface area (Å²) in [7, 11) is 1.93. The third-order valence-electron chi connectivity index (χ3n) is 4.43. The fourth-order valence-electron chi connectivity index (χ4n) is 2.82. The molecule has 3 aromatic rings. The second-order valence-corrected chi connectivity index (χ2v) is 6.53. The van der Waals surface area contributed by atoms with Crippen molar-refractivity contribution in [3.63, 3.8) is 0 Å². The molecular formula is C19H22N6. The maximum absolute atomic E-state index is 4.33. The van der Waals surface area contributed by atoms with Gasteiger partial charge in [0, 0.05) is 38.0 Å². The molecule has 2 aromatic heterocycles. The monoisotopic (exact) mass is 334 g/mol. The minimum atomic E-state index is 0.699. The molecule has 1 aromatic carbocycles. The predicted molar refractivity (Wildman–Crippen MR) is 99.2 cm³/mol. The lowest BCUT2D eigenvalue weighted by Gasteiger charge is -2.11. The van der Waals surface area contributed by atoms with Crippen molar-refractivity contribution >= 4 is 11.6 Å². The molecule has 6 nitrogen and oxygen atoms in total. The molecule has 4 rings (SSSR count). The van der Waals surface area contributed by atoms with Crippen LogP contribution < -0.4 is 10.6 Å². The van der Waals surface area contributed by atoms with E-state index in [-0.39, 0.29) is 0 Å². The summed E-state index contributed by atoms with van der Waals surface area (Å²) < 4.78 is 1.82. The standard InChI is InChI=1S/C19H22N6/c1-25-12-16(11-24-25)17-5-3-2-4-15(17)10-21-19-8-18(22-13-23-19)20-9-14-6-7-14/h2-5,8,11-14H,6-7,9-10H2,1H3,(H2,20,21,22,23). The van der Waals surface area contributed by atoms with E-state index in [0.29, 0.717) is 6.54 Å². The summed E-state index contributed by atoms with van der Waals surface area (Å²) in [4.78, 5) is 8.61. The van der Waals surface area contributed by atoms with Crippen molar-refractivity contribution in [1.29, 1.82) is 0 Å². The van der Waals surface area contributed by atoms with Gasteiger partial charge in [-0.05, 0) is 29.9 Å². The number of hydrogen-bond donors (Lipinski definition) is 2. The first kappa shape index (κ1) is 15.6. The van der Waals surface area contributed by atoms with E-state index in [9.17, 15) is 0 Å². The fraction of sp³-hybridized carbons (Fsp3) is 0.316. The number of nitrogens with zero attached hydrogens (tertiary/aromatic N) is 4. The van der Waals surface area contributed by atoms with Gasteiger partial charge < -0.3 is 10.6 Å². The molecule has 2 N–H and O–H groups in total. The van der Waals surface area contributed by atoms with Crippen molar-refractivity contribution in [3.05, 3.63) is 54.6 Å². The van der Waals surface area contributed by atoms with Gasteiger partial charge in [0.15, 0.2) is 0 Å². The van der Waals surface area contributed by atoms with Crippen LogP contribution in [-0.2, 0) is 13.6 Å². The average Bonchev–Trinajstić information content (AvgIpc) is 3.38. The summed E-state index contributed by atoms with van der Waals surface area (Å²) in [5, 5.41) is 11.1. The normalized spacial score (nSPS) is 13.6. The third-order valence-corrected chi connectivity index (χ3v) is 4.43. The molecule has 1 saturated carbocycles. The van der Waals surface area contributed by atoms with Gasteiger partial charge in [-0.2, -0.15) is 5.10 Å². The Bertz CT molecular complexity index is 852. The van der Waals surface area contributed by atoms with E-state index in [4.69, 9.17) is 0 Å². The molecule has 0 amide bonds. The number of hydrogen-bond acceptors (Lipinski definition) is 5. The molecule has 1 aliphatic carbocycles. The van der Waals surface area contributed by atoms with Crippen LogP contribution in [0, 0.1) is 5.92 Å².